The molecule has 0 radical (unpaired) electrons. The smallest absolute Gasteiger partial charge is 0.283 e. The number of nitrogens with two attached hydrogens (primary N) is 1. The summed E-state index contributed by atoms with van der Waals surface area (Å²) in [7, 11) is 0. The lowest BCUT2D eigenvalue weighted by atomic mass is 9.81. The van der Waals surface area contributed by atoms with Gasteiger partial charge in [-0.3, -0.25) is 0 Å². The number of hydrogen-bond acceptors (Lipinski definition) is 6. The molecule has 0 saturated heterocycles. The Morgan fingerprint density at radius 3 is 2.61 bits per heavy atom. The molecule has 33 heavy (non-hydrogen) atoms. The van der Waals surface area contributed by atoms with Gasteiger partial charge < -0.3 is 15.2 Å². The summed E-state index contributed by atoms with van der Waals surface area (Å²) < 4.78 is 40.6. The number of hydrogen-bond donors (Lipinski definition) is 1. The standard InChI is InChI=1S/C25H20F2N4O2/c1-24(2,3)9-8-15-12-18-22(30-20(15)26)33-19-7-6-14(16-5-4-10-29-21(16)27)11-17(19)25(18)13-32-23(28)31-25/h4-7,10-12H,13H2,1-3H3,(H2,28,31). The SMILES string of the molecule is CC(C)(C)C#Cc1cc2c(nc1F)Oc1ccc(-c3cccnc3F)cc1C21COC(N)=N1. The Labute approximate surface area is 189 Å². The molecule has 2 aliphatic heterocycles. The van der Waals surface area contributed by atoms with E-state index in [9.17, 15) is 8.78 Å². The Morgan fingerprint density at radius 1 is 1.09 bits per heavy atom. The van der Waals surface area contributed by atoms with Crippen LogP contribution in [-0.4, -0.2) is 22.6 Å². The Morgan fingerprint density at radius 2 is 1.91 bits per heavy atom. The zero-order valence-corrected chi connectivity index (χ0v) is 18.2. The first-order valence-corrected chi connectivity index (χ1v) is 10.3. The first kappa shape index (κ1) is 20.9. The van der Waals surface area contributed by atoms with Gasteiger partial charge in [0, 0.05) is 22.7 Å². The van der Waals surface area contributed by atoms with Crippen LogP contribution in [0.25, 0.3) is 11.1 Å². The molecule has 0 fully saturated rings. The molecule has 4 heterocycles. The molecule has 166 valence electrons. The number of pyridine rings is 2. The Bertz CT molecular complexity index is 1390. The summed E-state index contributed by atoms with van der Waals surface area (Å²) in [5.41, 5.74) is 6.53. The molecule has 6 nitrogen and oxygen atoms in total. The molecule has 2 N–H and O–H groups in total. The quantitative estimate of drug-likeness (QED) is 0.439. The van der Waals surface area contributed by atoms with Gasteiger partial charge in [-0.15, -0.1) is 0 Å². The molecule has 0 aliphatic carbocycles. The van der Waals surface area contributed by atoms with E-state index in [-0.39, 0.29) is 29.5 Å². The molecule has 1 spiro atoms. The van der Waals surface area contributed by atoms with Crippen LogP contribution in [0.4, 0.5) is 8.78 Å². The van der Waals surface area contributed by atoms with Crippen molar-refractivity contribution < 1.29 is 18.3 Å². The monoisotopic (exact) mass is 446 g/mol. The minimum Gasteiger partial charge on any atom is -0.462 e. The van der Waals surface area contributed by atoms with Crippen molar-refractivity contribution >= 4 is 6.02 Å². The Kier molecular flexibility index (Phi) is 4.60. The highest BCUT2D eigenvalue weighted by molar-refractivity contribution is 5.77. The number of ether oxygens (including phenoxy) is 2. The van der Waals surface area contributed by atoms with E-state index >= 15 is 0 Å². The van der Waals surface area contributed by atoms with Crippen LogP contribution < -0.4 is 10.5 Å². The van der Waals surface area contributed by atoms with Crippen LogP contribution in [0, 0.1) is 29.2 Å². The van der Waals surface area contributed by atoms with E-state index in [1.54, 1.807) is 36.4 Å². The summed E-state index contributed by atoms with van der Waals surface area (Å²) in [6.07, 6.45) is 1.38. The van der Waals surface area contributed by atoms with Crippen LogP contribution >= 0.6 is 0 Å². The summed E-state index contributed by atoms with van der Waals surface area (Å²) in [6.45, 7) is 5.85. The summed E-state index contributed by atoms with van der Waals surface area (Å²) in [6, 6.07) is 9.96. The van der Waals surface area contributed by atoms with Crippen LogP contribution in [0.1, 0.15) is 37.5 Å². The van der Waals surface area contributed by atoms with Gasteiger partial charge in [-0.25, -0.2) is 9.98 Å². The molecule has 1 atom stereocenters. The highest BCUT2D eigenvalue weighted by Gasteiger charge is 2.48. The number of aliphatic imine (C=N–C) groups is 1. The van der Waals surface area contributed by atoms with Crippen molar-refractivity contribution in [1.29, 1.82) is 0 Å². The van der Waals surface area contributed by atoms with E-state index in [4.69, 9.17) is 15.2 Å². The van der Waals surface area contributed by atoms with Crippen molar-refractivity contribution in [1.82, 2.24) is 9.97 Å². The van der Waals surface area contributed by atoms with E-state index < -0.39 is 17.4 Å². The van der Waals surface area contributed by atoms with Crippen molar-refractivity contribution in [2.75, 3.05) is 6.61 Å². The predicted molar refractivity (Wildman–Crippen MR) is 119 cm³/mol. The summed E-state index contributed by atoms with van der Waals surface area (Å²) in [5.74, 6) is 5.01. The minimum atomic E-state index is -1.14. The number of benzene rings is 1. The molecule has 0 amide bonds. The summed E-state index contributed by atoms with van der Waals surface area (Å²) in [4.78, 5) is 12.3. The van der Waals surface area contributed by atoms with Gasteiger partial charge in [0.2, 0.25) is 17.8 Å². The molecule has 1 aromatic carbocycles. The van der Waals surface area contributed by atoms with E-state index in [1.807, 2.05) is 20.8 Å². The van der Waals surface area contributed by atoms with Crippen LogP contribution in [0.15, 0.2) is 47.6 Å². The second-order valence-electron chi connectivity index (χ2n) is 8.93. The number of aromatic nitrogens is 2. The molecule has 5 rings (SSSR count). The number of halogens is 2. The van der Waals surface area contributed by atoms with E-state index in [2.05, 4.69) is 26.8 Å². The fraction of sp³-hybridized carbons (Fsp3) is 0.240. The van der Waals surface area contributed by atoms with Crippen LogP contribution in [0.5, 0.6) is 11.6 Å². The lowest BCUT2D eigenvalue weighted by molar-refractivity contribution is 0.261. The van der Waals surface area contributed by atoms with Gasteiger partial charge >= 0.3 is 0 Å². The number of rotatable bonds is 1. The molecule has 0 bridgehead atoms. The van der Waals surface area contributed by atoms with E-state index in [0.29, 0.717) is 28.0 Å². The van der Waals surface area contributed by atoms with Crippen molar-refractivity contribution in [3.8, 4) is 34.6 Å². The van der Waals surface area contributed by atoms with Gasteiger partial charge in [0.15, 0.2) is 5.54 Å². The van der Waals surface area contributed by atoms with Crippen molar-refractivity contribution in [3.05, 3.63) is 71.2 Å². The maximum absolute atomic E-state index is 14.8. The molecular weight excluding hydrogens is 426 g/mol. The van der Waals surface area contributed by atoms with E-state index in [1.165, 1.54) is 6.20 Å². The first-order chi connectivity index (χ1) is 15.7. The van der Waals surface area contributed by atoms with Gasteiger partial charge in [0.25, 0.3) is 6.02 Å². The first-order valence-electron chi connectivity index (χ1n) is 10.3. The van der Waals surface area contributed by atoms with Crippen LogP contribution in [-0.2, 0) is 10.3 Å². The molecule has 2 aliphatic rings. The second kappa shape index (κ2) is 7.27. The maximum Gasteiger partial charge on any atom is 0.283 e. The number of nitrogens with zero attached hydrogens (tertiary/aromatic N) is 3. The predicted octanol–water partition coefficient (Wildman–Crippen LogP) is 4.51. The third kappa shape index (κ3) is 3.55. The highest BCUT2D eigenvalue weighted by Crippen LogP contribution is 2.51. The molecular formula is C25H20F2N4O2. The molecule has 0 saturated carbocycles. The number of fused-ring (bicyclic) bond motifs is 4. The zero-order chi connectivity index (χ0) is 23.4. The average Bonchev–Trinajstić information content (AvgIpc) is 3.15. The van der Waals surface area contributed by atoms with Crippen LogP contribution in [0.2, 0.25) is 0 Å². The zero-order valence-electron chi connectivity index (χ0n) is 18.2. The normalized spacial score (nSPS) is 18.4. The van der Waals surface area contributed by atoms with Gasteiger partial charge in [-0.2, -0.15) is 13.8 Å². The van der Waals surface area contributed by atoms with Gasteiger partial charge in [0.05, 0.1) is 11.1 Å². The lowest BCUT2D eigenvalue weighted by Crippen LogP contribution is -2.32. The van der Waals surface area contributed by atoms with Crippen molar-refractivity contribution in [3.63, 3.8) is 0 Å². The van der Waals surface area contributed by atoms with Gasteiger partial charge in [0.1, 0.15) is 12.4 Å². The third-order valence-corrected chi connectivity index (χ3v) is 5.39. The summed E-state index contributed by atoms with van der Waals surface area (Å²) >= 11 is 0. The van der Waals surface area contributed by atoms with Crippen LogP contribution in [0.3, 0.4) is 0 Å². The summed E-state index contributed by atoms with van der Waals surface area (Å²) in [5, 5.41) is 0. The van der Waals surface area contributed by atoms with E-state index in [0.717, 1.165) is 0 Å². The Balaban J connectivity index is 1.72. The average molecular weight is 446 g/mol. The highest BCUT2D eigenvalue weighted by atomic mass is 19.1. The maximum atomic E-state index is 14.8. The number of amidine groups is 1. The lowest BCUT2D eigenvalue weighted by Gasteiger charge is -2.33. The fourth-order valence-corrected chi connectivity index (χ4v) is 3.86. The second-order valence-corrected chi connectivity index (χ2v) is 8.93. The largest absolute Gasteiger partial charge is 0.462 e. The molecule has 1 unspecified atom stereocenters. The van der Waals surface area contributed by atoms with Gasteiger partial charge in [-0.05, 0) is 56.7 Å². The molecule has 2 aromatic heterocycles. The third-order valence-electron chi connectivity index (χ3n) is 5.39. The van der Waals surface area contributed by atoms with Gasteiger partial charge in [-0.1, -0.05) is 17.9 Å². The minimum absolute atomic E-state index is 0.0154. The molecule has 3 aromatic rings. The van der Waals surface area contributed by atoms with Crippen molar-refractivity contribution in [2.45, 2.75) is 26.3 Å². The fourth-order valence-electron chi connectivity index (χ4n) is 3.86. The van der Waals surface area contributed by atoms with Crippen molar-refractivity contribution in [2.24, 2.45) is 16.1 Å². The Hall–Kier alpha value is -3.99. The topological polar surface area (TPSA) is 82.6 Å². The molecule has 8 heteroatoms.